The fourth-order valence-corrected chi connectivity index (χ4v) is 4.48. The number of Topliss-reactive ketones (excluding diaryl/α,β-unsaturated/α-hetero) is 1. The Kier molecular flexibility index (Phi) is 4.45. The number of halogens is 1. The molecule has 1 saturated heterocycles. The van der Waals surface area contributed by atoms with Crippen molar-refractivity contribution in [2.75, 3.05) is 6.54 Å². The van der Waals surface area contributed by atoms with Crippen molar-refractivity contribution in [3.63, 3.8) is 0 Å². The molecule has 3 aromatic rings. The maximum Gasteiger partial charge on any atom is 0.325 e. The summed E-state index contributed by atoms with van der Waals surface area (Å²) >= 11 is 5.94. The number of carbonyl (C=O) groups is 3. The second-order valence-corrected chi connectivity index (χ2v) is 8.52. The average molecular weight is 431 g/mol. The topological polar surface area (TPSA) is 66.5 Å². The lowest BCUT2D eigenvalue weighted by atomic mass is 9.92. The molecule has 0 bridgehead atoms. The maximum absolute atomic E-state index is 13.1. The number of urea groups is 1. The van der Waals surface area contributed by atoms with E-state index in [1.54, 1.807) is 37.3 Å². The van der Waals surface area contributed by atoms with Crippen LogP contribution >= 0.6 is 11.6 Å². The van der Waals surface area contributed by atoms with E-state index >= 15 is 0 Å². The Balaban J connectivity index is 1.40. The van der Waals surface area contributed by atoms with Crippen LogP contribution < -0.4 is 5.32 Å². The van der Waals surface area contributed by atoms with Crippen LogP contribution in [0.5, 0.6) is 0 Å². The fraction of sp³-hybridized carbons (Fsp3) is 0.160. The third kappa shape index (κ3) is 3.13. The van der Waals surface area contributed by atoms with Crippen molar-refractivity contribution in [3.8, 4) is 11.1 Å². The van der Waals surface area contributed by atoms with Gasteiger partial charge in [0.05, 0.1) is 6.54 Å². The van der Waals surface area contributed by atoms with E-state index in [1.165, 1.54) is 11.1 Å². The van der Waals surface area contributed by atoms with E-state index in [4.69, 9.17) is 11.6 Å². The van der Waals surface area contributed by atoms with E-state index in [1.807, 2.05) is 30.3 Å². The number of imide groups is 1. The van der Waals surface area contributed by atoms with E-state index < -0.39 is 17.5 Å². The van der Waals surface area contributed by atoms with Crippen LogP contribution in [0.2, 0.25) is 5.02 Å². The Morgan fingerprint density at radius 2 is 1.71 bits per heavy atom. The number of nitrogens with one attached hydrogen (secondary N) is 1. The molecule has 1 N–H and O–H groups in total. The Morgan fingerprint density at radius 3 is 2.48 bits per heavy atom. The molecule has 1 aliphatic carbocycles. The minimum Gasteiger partial charge on any atom is -0.319 e. The van der Waals surface area contributed by atoms with Crippen LogP contribution in [0.15, 0.2) is 66.7 Å². The Bertz CT molecular complexity index is 1250. The predicted molar refractivity (Wildman–Crippen MR) is 118 cm³/mol. The Labute approximate surface area is 184 Å². The highest BCUT2D eigenvalue weighted by Crippen LogP contribution is 2.37. The lowest BCUT2D eigenvalue weighted by molar-refractivity contribution is -0.130. The van der Waals surface area contributed by atoms with Crippen molar-refractivity contribution in [2.45, 2.75) is 18.9 Å². The molecule has 3 aromatic carbocycles. The van der Waals surface area contributed by atoms with E-state index in [-0.39, 0.29) is 12.3 Å². The quantitative estimate of drug-likeness (QED) is 0.381. The molecular formula is C25H19ClN2O3. The van der Waals surface area contributed by atoms with Crippen LogP contribution in [0, 0.1) is 0 Å². The molecule has 0 spiro atoms. The Morgan fingerprint density at radius 1 is 1.00 bits per heavy atom. The summed E-state index contributed by atoms with van der Waals surface area (Å²) in [6.45, 7) is 1.32. The number of benzene rings is 3. The molecular weight excluding hydrogens is 412 g/mol. The standard InChI is InChI=1S/C25H19ClN2O3/c1-25(18-8-10-19(26)11-9-18)23(30)28(24(31)27-25)14-22(29)17-7-6-16-12-15-4-2-3-5-20(15)21(16)13-17/h2-11,13H,12,14H2,1H3,(H,27,31). The van der Waals surface area contributed by atoms with Crippen LogP contribution in [0.1, 0.15) is 34.0 Å². The highest BCUT2D eigenvalue weighted by Gasteiger charge is 2.49. The van der Waals surface area contributed by atoms with Gasteiger partial charge in [-0.05, 0) is 59.4 Å². The summed E-state index contributed by atoms with van der Waals surface area (Å²) in [4.78, 5) is 39.7. The summed E-state index contributed by atoms with van der Waals surface area (Å²) in [6, 6.07) is 19.8. The molecule has 0 radical (unpaired) electrons. The number of rotatable bonds is 4. The zero-order valence-electron chi connectivity index (χ0n) is 16.8. The zero-order valence-corrected chi connectivity index (χ0v) is 17.6. The van der Waals surface area contributed by atoms with Gasteiger partial charge in [0.2, 0.25) is 0 Å². The van der Waals surface area contributed by atoms with Crippen LogP contribution in [0.25, 0.3) is 11.1 Å². The number of hydrogen-bond acceptors (Lipinski definition) is 3. The fourth-order valence-electron chi connectivity index (χ4n) is 4.35. The van der Waals surface area contributed by atoms with Gasteiger partial charge in [-0.25, -0.2) is 4.79 Å². The van der Waals surface area contributed by atoms with Crippen molar-refractivity contribution in [1.82, 2.24) is 10.2 Å². The smallest absolute Gasteiger partial charge is 0.319 e. The molecule has 2 aliphatic rings. The number of ketones is 1. The molecule has 5 rings (SSSR count). The van der Waals surface area contributed by atoms with E-state index in [0.29, 0.717) is 16.1 Å². The summed E-state index contributed by atoms with van der Waals surface area (Å²) in [5.74, 6) is -0.740. The summed E-state index contributed by atoms with van der Waals surface area (Å²) < 4.78 is 0. The molecule has 3 amide bonds. The van der Waals surface area contributed by atoms with Crippen molar-refractivity contribution < 1.29 is 14.4 Å². The highest BCUT2D eigenvalue weighted by molar-refractivity contribution is 6.30. The first kappa shape index (κ1) is 19.5. The molecule has 31 heavy (non-hydrogen) atoms. The summed E-state index contributed by atoms with van der Waals surface area (Å²) in [7, 11) is 0. The van der Waals surface area contributed by atoms with E-state index in [2.05, 4.69) is 11.4 Å². The number of hydrogen-bond donors (Lipinski definition) is 1. The molecule has 1 heterocycles. The second-order valence-electron chi connectivity index (χ2n) is 8.08. The van der Waals surface area contributed by atoms with Gasteiger partial charge in [-0.3, -0.25) is 14.5 Å². The Hall–Kier alpha value is -3.44. The van der Waals surface area contributed by atoms with Gasteiger partial charge in [-0.2, -0.15) is 0 Å². The van der Waals surface area contributed by atoms with Crippen molar-refractivity contribution >= 4 is 29.3 Å². The first-order valence-electron chi connectivity index (χ1n) is 10.0. The lowest BCUT2D eigenvalue weighted by Gasteiger charge is -2.22. The minimum absolute atomic E-state index is 0.281. The van der Waals surface area contributed by atoms with Gasteiger partial charge in [-0.15, -0.1) is 0 Å². The molecule has 6 heteroatoms. The molecule has 1 fully saturated rings. The zero-order chi connectivity index (χ0) is 21.8. The third-order valence-corrected chi connectivity index (χ3v) is 6.37. The van der Waals surface area contributed by atoms with Gasteiger partial charge in [0.1, 0.15) is 5.54 Å². The van der Waals surface area contributed by atoms with Gasteiger partial charge in [0.15, 0.2) is 5.78 Å². The van der Waals surface area contributed by atoms with Gasteiger partial charge in [0, 0.05) is 10.6 Å². The van der Waals surface area contributed by atoms with Crippen molar-refractivity contribution in [3.05, 3.63) is 94.0 Å². The number of carbonyl (C=O) groups excluding carboxylic acids is 3. The summed E-state index contributed by atoms with van der Waals surface area (Å²) in [5.41, 5.74) is 4.41. The third-order valence-electron chi connectivity index (χ3n) is 6.12. The minimum atomic E-state index is -1.24. The summed E-state index contributed by atoms with van der Waals surface area (Å²) in [6.07, 6.45) is 0.840. The number of amides is 3. The monoisotopic (exact) mass is 430 g/mol. The van der Waals surface area contributed by atoms with Gasteiger partial charge < -0.3 is 5.32 Å². The largest absolute Gasteiger partial charge is 0.325 e. The molecule has 154 valence electrons. The van der Waals surface area contributed by atoms with E-state index in [0.717, 1.165) is 22.4 Å². The van der Waals surface area contributed by atoms with Gasteiger partial charge in [0.25, 0.3) is 5.91 Å². The molecule has 0 saturated carbocycles. The molecule has 0 aromatic heterocycles. The maximum atomic E-state index is 13.1. The van der Waals surface area contributed by atoms with Crippen LogP contribution in [-0.4, -0.2) is 29.2 Å². The predicted octanol–water partition coefficient (Wildman–Crippen LogP) is 4.56. The number of nitrogens with zero attached hydrogens (tertiary/aromatic N) is 1. The molecule has 1 atom stereocenters. The summed E-state index contributed by atoms with van der Waals surface area (Å²) in [5, 5.41) is 3.26. The molecule has 1 unspecified atom stereocenters. The van der Waals surface area contributed by atoms with Crippen LogP contribution in [0.4, 0.5) is 4.79 Å². The average Bonchev–Trinajstić information content (AvgIpc) is 3.24. The lowest BCUT2D eigenvalue weighted by Crippen LogP contribution is -2.41. The number of fused-ring (bicyclic) bond motifs is 3. The van der Waals surface area contributed by atoms with Gasteiger partial charge in [-0.1, -0.05) is 60.1 Å². The highest BCUT2D eigenvalue weighted by atomic mass is 35.5. The SMILES string of the molecule is CC1(c2ccc(Cl)cc2)NC(=O)N(CC(=O)c2ccc3c(c2)-c2ccccc2C3)C1=O. The van der Waals surface area contributed by atoms with Gasteiger partial charge >= 0.3 is 6.03 Å². The van der Waals surface area contributed by atoms with Crippen molar-refractivity contribution in [2.24, 2.45) is 0 Å². The first-order chi connectivity index (χ1) is 14.9. The molecule has 1 aliphatic heterocycles. The molecule has 5 nitrogen and oxygen atoms in total. The first-order valence-corrected chi connectivity index (χ1v) is 10.4. The van der Waals surface area contributed by atoms with Crippen LogP contribution in [-0.2, 0) is 16.8 Å². The van der Waals surface area contributed by atoms with E-state index in [9.17, 15) is 14.4 Å². The second kappa shape index (κ2) is 7.06. The van der Waals surface area contributed by atoms with Crippen LogP contribution in [0.3, 0.4) is 0 Å². The van der Waals surface area contributed by atoms with Crippen molar-refractivity contribution in [1.29, 1.82) is 0 Å². The normalized spacial score (nSPS) is 19.2.